The maximum absolute atomic E-state index is 10.5. The average Bonchev–Trinajstić information content (AvgIpc) is 2.51. The van der Waals surface area contributed by atoms with Gasteiger partial charge in [0.05, 0.1) is 10.4 Å². The first-order chi connectivity index (χ1) is 6.18. The van der Waals surface area contributed by atoms with Crippen LogP contribution in [0.25, 0.3) is 10.9 Å². The van der Waals surface area contributed by atoms with Gasteiger partial charge in [-0.05, 0) is 6.07 Å². The number of rotatable bonds is 1. The van der Waals surface area contributed by atoms with E-state index in [4.69, 9.17) is 5.73 Å². The smallest absolute Gasteiger partial charge is 0.273 e. The summed E-state index contributed by atoms with van der Waals surface area (Å²) < 4.78 is 0. The molecule has 0 fully saturated rings. The predicted octanol–water partition coefficient (Wildman–Crippen LogP) is 1.66. The molecule has 3 N–H and O–H groups in total. The van der Waals surface area contributed by atoms with Crippen molar-refractivity contribution in [1.82, 2.24) is 4.98 Å². The lowest BCUT2D eigenvalue weighted by atomic mass is 10.2. The van der Waals surface area contributed by atoms with Crippen LogP contribution in [0.2, 0.25) is 0 Å². The summed E-state index contributed by atoms with van der Waals surface area (Å²) in [5.74, 6) is 0. The van der Waals surface area contributed by atoms with E-state index in [2.05, 4.69) is 4.98 Å². The topological polar surface area (TPSA) is 84.9 Å². The molecule has 1 aromatic heterocycles. The summed E-state index contributed by atoms with van der Waals surface area (Å²) in [6.07, 6.45) is 1.70. The number of nitrogens with one attached hydrogen (secondary N) is 1. The van der Waals surface area contributed by atoms with E-state index in [9.17, 15) is 10.1 Å². The minimum atomic E-state index is -0.462. The number of aromatic amines is 1. The number of nitrogen functional groups attached to an aromatic ring is 1. The van der Waals surface area contributed by atoms with Crippen LogP contribution in [0.4, 0.5) is 11.4 Å². The van der Waals surface area contributed by atoms with Crippen LogP contribution in [-0.4, -0.2) is 9.91 Å². The summed E-state index contributed by atoms with van der Waals surface area (Å²) in [7, 11) is 0. The fourth-order valence-electron chi connectivity index (χ4n) is 1.29. The third-order valence-electron chi connectivity index (χ3n) is 1.90. The summed E-state index contributed by atoms with van der Waals surface area (Å²) in [5.41, 5.74) is 6.73. The molecule has 0 saturated carbocycles. The first-order valence-electron chi connectivity index (χ1n) is 3.69. The van der Waals surface area contributed by atoms with Gasteiger partial charge in [-0.2, -0.15) is 0 Å². The second-order valence-corrected chi connectivity index (χ2v) is 2.73. The van der Waals surface area contributed by atoms with E-state index in [0.29, 0.717) is 11.2 Å². The first-order valence-corrected chi connectivity index (χ1v) is 3.69. The summed E-state index contributed by atoms with van der Waals surface area (Å²) in [5, 5.41) is 11.3. The molecule has 0 radical (unpaired) electrons. The monoisotopic (exact) mass is 177 g/mol. The SMILES string of the molecule is Nc1cc([N+](=O)[O-])cc2[nH]ccc12. The summed E-state index contributed by atoms with van der Waals surface area (Å²) in [6.45, 7) is 0. The summed E-state index contributed by atoms with van der Waals surface area (Å²) in [4.78, 5) is 12.9. The Morgan fingerprint density at radius 1 is 1.46 bits per heavy atom. The van der Waals surface area contributed by atoms with E-state index >= 15 is 0 Å². The van der Waals surface area contributed by atoms with Gasteiger partial charge in [-0.25, -0.2) is 0 Å². The van der Waals surface area contributed by atoms with Crippen LogP contribution in [0.5, 0.6) is 0 Å². The van der Waals surface area contributed by atoms with Crippen molar-refractivity contribution in [2.45, 2.75) is 0 Å². The molecule has 0 spiro atoms. The van der Waals surface area contributed by atoms with Crippen LogP contribution < -0.4 is 5.73 Å². The molecule has 5 heteroatoms. The van der Waals surface area contributed by atoms with Gasteiger partial charge in [0.1, 0.15) is 0 Å². The Kier molecular flexibility index (Phi) is 1.45. The number of nitro benzene ring substituents is 1. The molecular weight excluding hydrogens is 170 g/mol. The zero-order valence-corrected chi connectivity index (χ0v) is 6.65. The van der Waals surface area contributed by atoms with Crippen LogP contribution in [0.3, 0.4) is 0 Å². The van der Waals surface area contributed by atoms with Gasteiger partial charge in [0, 0.05) is 29.4 Å². The second-order valence-electron chi connectivity index (χ2n) is 2.73. The number of hydrogen-bond acceptors (Lipinski definition) is 3. The molecule has 13 heavy (non-hydrogen) atoms. The predicted molar refractivity (Wildman–Crippen MR) is 49.4 cm³/mol. The van der Waals surface area contributed by atoms with E-state index in [1.165, 1.54) is 12.1 Å². The van der Waals surface area contributed by atoms with Gasteiger partial charge >= 0.3 is 0 Å². The van der Waals surface area contributed by atoms with Gasteiger partial charge in [-0.1, -0.05) is 0 Å². The van der Waals surface area contributed by atoms with Crippen molar-refractivity contribution in [3.05, 3.63) is 34.5 Å². The minimum Gasteiger partial charge on any atom is -0.398 e. The van der Waals surface area contributed by atoms with Crippen LogP contribution in [-0.2, 0) is 0 Å². The minimum absolute atomic E-state index is 0.00690. The molecule has 0 atom stereocenters. The lowest BCUT2D eigenvalue weighted by Crippen LogP contribution is -1.91. The van der Waals surface area contributed by atoms with Crippen molar-refractivity contribution in [2.75, 3.05) is 5.73 Å². The molecule has 2 aromatic rings. The van der Waals surface area contributed by atoms with Gasteiger partial charge in [-0.15, -0.1) is 0 Å². The molecule has 1 heterocycles. The molecule has 0 bridgehead atoms. The van der Waals surface area contributed by atoms with Crippen molar-refractivity contribution >= 4 is 22.3 Å². The van der Waals surface area contributed by atoms with Crippen LogP contribution in [0.15, 0.2) is 24.4 Å². The lowest BCUT2D eigenvalue weighted by Gasteiger charge is -1.96. The standard InChI is InChI=1S/C8H7N3O2/c9-7-3-5(11(12)13)4-8-6(7)1-2-10-8/h1-4,10H,9H2. The number of nitrogens with two attached hydrogens (primary N) is 1. The third-order valence-corrected chi connectivity index (χ3v) is 1.90. The summed E-state index contributed by atoms with van der Waals surface area (Å²) >= 11 is 0. The second kappa shape index (κ2) is 2.48. The molecule has 0 saturated heterocycles. The van der Waals surface area contributed by atoms with Crippen LogP contribution >= 0.6 is 0 Å². The molecule has 0 unspecified atom stereocenters. The van der Waals surface area contributed by atoms with Gasteiger partial charge in [0.25, 0.3) is 5.69 Å². The highest BCUT2D eigenvalue weighted by Gasteiger charge is 2.09. The van der Waals surface area contributed by atoms with E-state index in [0.717, 1.165) is 5.39 Å². The Hall–Kier alpha value is -2.04. The molecule has 0 aliphatic rings. The average molecular weight is 177 g/mol. The molecule has 2 rings (SSSR count). The fraction of sp³-hybridized carbons (Fsp3) is 0. The van der Waals surface area contributed by atoms with Crippen LogP contribution in [0.1, 0.15) is 0 Å². The zero-order chi connectivity index (χ0) is 9.42. The molecule has 0 aliphatic heterocycles. The Bertz CT molecular complexity index is 475. The quantitative estimate of drug-likeness (QED) is 0.394. The van der Waals surface area contributed by atoms with Crippen LogP contribution in [0, 0.1) is 10.1 Å². The zero-order valence-electron chi connectivity index (χ0n) is 6.65. The molecule has 66 valence electrons. The van der Waals surface area contributed by atoms with Crippen molar-refractivity contribution < 1.29 is 4.92 Å². The highest BCUT2D eigenvalue weighted by Crippen LogP contribution is 2.25. The molecular formula is C8H7N3O2. The maximum Gasteiger partial charge on any atom is 0.273 e. The Balaban J connectivity index is 2.77. The summed E-state index contributed by atoms with van der Waals surface area (Å²) in [6, 6.07) is 4.61. The largest absolute Gasteiger partial charge is 0.398 e. The van der Waals surface area contributed by atoms with E-state index in [-0.39, 0.29) is 5.69 Å². The maximum atomic E-state index is 10.5. The molecule has 0 amide bonds. The Morgan fingerprint density at radius 2 is 2.23 bits per heavy atom. The normalized spacial score (nSPS) is 10.5. The lowest BCUT2D eigenvalue weighted by molar-refractivity contribution is -0.384. The van der Waals surface area contributed by atoms with Gasteiger partial charge < -0.3 is 10.7 Å². The van der Waals surface area contributed by atoms with E-state index < -0.39 is 4.92 Å². The number of nitrogens with zero attached hydrogens (tertiary/aromatic N) is 1. The Morgan fingerprint density at radius 3 is 2.92 bits per heavy atom. The molecule has 1 aromatic carbocycles. The number of benzene rings is 1. The number of fused-ring (bicyclic) bond motifs is 1. The van der Waals surface area contributed by atoms with E-state index in [1.807, 2.05) is 0 Å². The Labute approximate surface area is 73.3 Å². The number of nitro groups is 1. The first kappa shape index (κ1) is 7.60. The van der Waals surface area contributed by atoms with Gasteiger partial charge in [0.15, 0.2) is 0 Å². The highest BCUT2D eigenvalue weighted by molar-refractivity contribution is 5.92. The van der Waals surface area contributed by atoms with E-state index in [1.54, 1.807) is 12.3 Å². The number of non-ortho nitro benzene ring substituents is 1. The number of anilines is 1. The molecule has 5 nitrogen and oxygen atoms in total. The van der Waals surface area contributed by atoms with Crippen molar-refractivity contribution in [1.29, 1.82) is 0 Å². The van der Waals surface area contributed by atoms with Gasteiger partial charge in [-0.3, -0.25) is 10.1 Å². The number of hydrogen-bond donors (Lipinski definition) is 2. The number of H-pyrrole nitrogens is 1. The van der Waals surface area contributed by atoms with Crippen molar-refractivity contribution in [3.8, 4) is 0 Å². The molecule has 0 aliphatic carbocycles. The van der Waals surface area contributed by atoms with Crippen molar-refractivity contribution in [3.63, 3.8) is 0 Å². The fourth-order valence-corrected chi connectivity index (χ4v) is 1.29. The number of aromatic nitrogens is 1. The third kappa shape index (κ3) is 1.10. The van der Waals surface area contributed by atoms with Gasteiger partial charge in [0.2, 0.25) is 0 Å². The van der Waals surface area contributed by atoms with Crippen molar-refractivity contribution in [2.24, 2.45) is 0 Å². The highest BCUT2D eigenvalue weighted by atomic mass is 16.6.